The maximum atomic E-state index is 11.8. The van der Waals surface area contributed by atoms with Gasteiger partial charge in [-0.1, -0.05) is 26.7 Å². The van der Waals surface area contributed by atoms with Crippen LogP contribution < -0.4 is 11.1 Å². The number of amides is 1. The van der Waals surface area contributed by atoms with Crippen LogP contribution >= 0.6 is 0 Å². The Hall–Kier alpha value is -0.570. The van der Waals surface area contributed by atoms with Crippen molar-refractivity contribution in [2.24, 2.45) is 17.6 Å². The van der Waals surface area contributed by atoms with Gasteiger partial charge in [-0.15, -0.1) is 0 Å². The van der Waals surface area contributed by atoms with Gasteiger partial charge in [0.05, 0.1) is 0 Å². The van der Waals surface area contributed by atoms with E-state index in [0.29, 0.717) is 6.04 Å². The van der Waals surface area contributed by atoms with Crippen molar-refractivity contribution in [2.75, 3.05) is 0 Å². The molecule has 1 rings (SSSR count). The number of carbonyl (C=O) groups excluding carboxylic acids is 1. The van der Waals surface area contributed by atoms with Crippen LogP contribution in [0.1, 0.15) is 46.5 Å². The molecule has 3 N–H and O–H groups in total. The van der Waals surface area contributed by atoms with E-state index in [1.807, 2.05) is 13.8 Å². The van der Waals surface area contributed by atoms with Gasteiger partial charge in [-0.3, -0.25) is 4.79 Å². The highest BCUT2D eigenvalue weighted by atomic mass is 16.1. The number of nitrogens with two attached hydrogens (primary N) is 1. The van der Waals surface area contributed by atoms with E-state index in [2.05, 4.69) is 12.2 Å². The van der Waals surface area contributed by atoms with Crippen LogP contribution in [0.15, 0.2) is 0 Å². The molecule has 1 amide bonds. The molecule has 3 atom stereocenters. The maximum absolute atomic E-state index is 11.8. The Morgan fingerprint density at radius 1 is 1.47 bits per heavy atom. The average Bonchev–Trinajstić information content (AvgIpc) is 2.99. The van der Waals surface area contributed by atoms with Crippen molar-refractivity contribution in [3.63, 3.8) is 0 Å². The van der Waals surface area contributed by atoms with Gasteiger partial charge in [0.1, 0.15) is 0 Å². The minimum absolute atomic E-state index is 0.0663. The molecule has 0 radical (unpaired) electrons. The van der Waals surface area contributed by atoms with Crippen molar-refractivity contribution in [1.82, 2.24) is 5.32 Å². The van der Waals surface area contributed by atoms with E-state index in [1.165, 1.54) is 12.8 Å². The Kier molecular flexibility index (Phi) is 4.58. The molecular formula is C12H24N2O. The number of carbonyl (C=O) groups is 1. The summed E-state index contributed by atoms with van der Waals surface area (Å²) in [6.07, 6.45) is 4.85. The lowest BCUT2D eigenvalue weighted by molar-refractivity contribution is -0.125. The summed E-state index contributed by atoms with van der Waals surface area (Å²) >= 11 is 0. The van der Waals surface area contributed by atoms with Crippen molar-refractivity contribution in [3.05, 3.63) is 0 Å². The van der Waals surface area contributed by atoms with E-state index in [-0.39, 0.29) is 17.9 Å². The van der Waals surface area contributed by atoms with Crippen molar-refractivity contribution in [1.29, 1.82) is 0 Å². The van der Waals surface area contributed by atoms with Crippen molar-refractivity contribution in [3.8, 4) is 0 Å². The quantitative estimate of drug-likeness (QED) is 0.703. The highest BCUT2D eigenvalue weighted by Crippen LogP contribution is 2.34. The SMILES string of the molecule is CCC(CC1CC1)NC(=O)C(C)C(C)N. The van der Waals surface area contributed by atoms with Crippen LogP contribution in [0.2, 0.25) is 0 Å². The zero-order valence-electron chi connectivity index (χ0n) is 10.1. The Labute approximate surface area is 92.8 Å². The van der Waals surface area contributed by atoms with Gasteiger partial charge in [-0.05, 0) is 25.7 Å². The summed E-state index contributed by atoms with van der Waals surface area (Å²) < 4.78 is 0. The molecule has 0 aromatic rings. The van der Waals surface area contributed by atoms with Gasteiger partial charge < -0.3 is 11.1 Å². The molecule has 15 heavy (non-hydrogen) atoms. The summed E-state index contributed by atoms with van der Waals surface area (Å²) in [6, 6.07) is 0.287. The fourth-order valence-corrected chi connectivity index (χ4v) is 1.65. The third-order valence-electron chi connectivity index (χ3n) is 3.36. The molecule has 0 heterocycles. The predicted molar refractivity (Wildman–Crippen MR) is 62.4 cm³/mol. The lowest BCUT2D eigenvalue weighted by Crippen LogP contribution is -2.43. The highest BCUT2D eigenvalue weighted by molar-refractivity contribution is 5.79. The van der Waals surface area contributed by atoms with E-state index < -0.39 is 0 Å². The van der Waals surface area contributed by atoms with E-state index in [4.69, 9.17) is 5.73 Å². The standard InChI is InChI=1S/C12H24N2O/c1-4-11(7-10-5-6-10)14-12(15)8(2)9(3)13/h8-11H,4-7,13H2,1-3H3,(H,14,15). The maximum Gasteiger partial charge on any atom is 0.224 e. The molecule has 0 aliphatic heterocycles. The van der Waals surface area contributed by atoms with Gasteiger partial charge in [-0.25, -0.2) is 0 Å². The van der Waals surface area contributed by atoms with Crippen molar-refractivity contribution >= 4 is 5.91 Å². The third-order valence-corrected chi connectivity index (χ3v) is 3.36. The predicted octanol–water partition coefficient (Wildman–Crippen LogP) is 1.66. The van der Waals surface area contributed by atoms with E-state index in [1.54, 1.807) is 0 Å². The number of hydrogen-bond acceptors (Lipinski definition) is 2. The van der Waals surface area contributed by atoms with Gasteiger partial charge in [0.15, 0.2) is 0 Å². The first-order valence-corrected chi connectivity index (χ1v) is 6.10. The van der Waals surface area contributed by atoms with Gasteiger partial charge in [0.2, 0.25) is 5.91 Å². The smallest absolute Gasteiger partial charge is 0.224 e. The molecule has 1 fully saturated rings. The van der Waals surface area contributed by atoms with Gasteiger partial charge >= 0.3 is 0 Å². The molecule has 0 saturated heterocycles. The van der Waals surface area contributed by atoms with Crippen LogP contribution in [0.5, 0.6) is 0 Å². The molecule has 1 aliphatic rings. The first kappa shape index (κ1) is 12.5. The summed E-state index contributed by atoms with van der Waals surface area (Å²) in [5.74, 6) is 0.886. The second kappa shape index (κ2) is 5.50. The number of hydrogen-bond donors (Lipinski definition) is 2. The van der Waals surface area contributed by atoms with Gasteiger partial charge in [0, 0.05) is 18.0 Å². The minimum Gasteiger partial charge on any atom is -0.353 e. The zero-order chi connectivity index (χ0) is 11.4. The van der Waals surface area contributed by atoms with Crippen LogP contribution in [0.25, 0.3) is 0 Å². The Morgan fingerprint density at radius 2 is 2.07 bits per heavy atom. The molecular weight excluding hydrogens is 188 g/mol. The second-order valence-corrected chi connectivity index (χ2v) is 4.94. The summed E-state index contributed by atoms with van der Waals surface area (Å²) in [5.41, 5.74) is 5.71. The molecule has 1 saturated carbocycles. The van der Waals surface area contributed by atoms with Crippen LogP contribution in [0.3, 0.4) is 0 Å². The van der Waals surface area contributed by atoms with Crippen molar-refractivity contribution in [2.45, 2.75) is 58.5 Å². The molecule has 3 heteroatoms. The lowest BCUT2D eigenvalue weighted by Gasteiger charge is -2.21. The third kappa shape index (κ3) is 4.20. The zero-order valence-corrected chi connectivity index (χ0v) is 10.1. The monoisotopic (exact) mass is 212 g/mol. The molecule has 0 spiro atoms. The van der Waals surface area contributed by atoms with Gasteiger partial charge in [-0.2, -0.15) is 0 Å². The molecule has 88 valence electrons. The summed E-state index contributed by atoms with van der Waals surface area (Å²) in [6.45, 7) is 5.90. The Bertz CT molecular complexity index is 212. The Balaban J connectivity index is 2.32. The number of rotatable bonds is 6. The number of nitrogens with one attached hydrogen (secondary N) is 1. The molecule has 0 bridgehead atoms. The Morgan fingerprint density at radius 3 is 2.47 bits per heavy atom. The summed E-state index contributed by atoms with van der Waals surface area (Å²) in [5, 5.41) is 3.10. The molecule has 0 aromatic heterocycles. The van der Waals surface area contributed by atoms with E-state index in [0.717, 1.165) is 18.8 Å². The van der Waals surface area contributed by atoms with Gasteiger partial charge in [0.25, 0.3) is 0 Å². The lowest BCUT2D eigenvalue weighted by atomic mass is 10.0. The molecule has 1 aliphatic carbocycles. The second-order valence-electron chi connectivity index (χ2n) is 4.94. The highest BCUT2D eigenvalue weighted by Gasteiger charge is 2.26. The van der Waals surface area contributed by atoms with Crippen LogP contribution in [0, 0.1) is 11.8 Å². The van der Waals surface area contributed by atoms with E-state index in [9.17, 15) is 4.79 Å². The van der Waals surface area contributed by atoms with Crippen molar-refractivity contribution < 1.29 is 4.79 Å². The van der Waals surface area contributed by atoms with Crippen LogP contribution in [-0.2, 0) is 4.79 Å². The molecule has 3 nitrogen and oxygen atoms in total. The average molecular weight is 212 g/mol. The molecule has 0 aromatic carbocycles. The van der Waals surface area contributed by atoms with Crippen LogP contribution in [-0.4, -0.2) is 18.0 Å². The first-order chi connectivity index (χ1) is 7.04. The normalized spacial score (nSPS) is 21.9. The minimum atomic E-state index is -0.0850. The molecule has 3 unspecified atom stereocenters. The largest absolute Gasteiger partial charge is 0.353 e. The summed E-state index contributed by atoms with van der Waals surface area (Å²) in [4.78, 5) is 11.8. The van der Waals surface area contributed by atoms with Crippen LogP contribution in [0.4, 0.5) is 0 Å². The topological polar surface area (TPSA) is 55.1 Å². The fraction of sp³-hybridized carbons (Fsp3) is 0.917. The summed E-state index contributed by atoms with van der Waals surface area (Å²) in [7, 11) is 0. The van der Waals surface area contributed by atoms with E-state index >= 15 is 0 Å². The first-order valence-electron chi connectivity index (χ1n) is 6.10. The fourth-order valence-electron chi connectivity index (χ4n) is 1.65.